The maximum Gasteiger partial charge on any atom is 0.335 e. The van der Waals surface area contributed by atoms with E-state index < -0.39 is 5.97 Å². The van der Waals surface area contributed by atoms with E-state index >= 15 is 0 Å². The van der Waals surface area contributed by atoms with Crippen molar-refractivity contribution in [3.8, 4) is 11.5 Å². The van der Waals surface area contributed by atoms with Crippen molar-refractivity contribution in [2.45, 2.75) is 6.92 Å². The van der Waals surface area contributed by atoms with Crippen LogP contribution in [0.15, 0.2) is 39.8 Å². The van der Waals surface area contributed by atoms with Gasteiger partial charge in [-0.15, -0.1) is 0 Å². The van der Waals surface area contributed by atoms with Gasteiger partial charge in [-0.2, -0.15) is 0 Å². The minimum Gasteiger partial charge on any atom is -0.869 e. The molecule has 0 aliphatic heterocycles. The Balaban J connectivity index is 2.39. The lowest BCUT2D eigenvalue weighted by Crippen LogP contribution is -2.01. The van der Waals surface area contributed by atoms with Crippen molar-refractivity contribution in [3.05, 3.63) is 51.5 Å². The normalized spacial score (nSPS) is 10.9. The number of ether oxygens (including phenoxy) is 1. The Kier molecular flexibility index (Phi) is 4.82. The van der Waals surface area contributed by atoms with Crippen molar-refractivity contribution < 1.29 is 19.7 Å². The molecule has 0 saturated carbocycles. The van der Waals surface area contributed by atoms with E-state index in [9.17, 15) is 9.90 Å². The van der Waals surface area contributed by atoms with E-state index in [1.807, 2.05) is 0 Å². The summed E-state index contributed by atoms with van der Waals surface area (Å²) in [5.41, 5.74) is 1.88. The highest BCUT2D eigenvalue weighted by atomic mass is 79.9. The molecule has 2 aromatic carbocycles. The molecule has 22 heavy (non-hydrogen) atoms. The molecule has 2 aromatic rings. The van der Waals surface area contributed by atoms with Crippen LogP contribution in [0.3, 0.4) is 0 Å². The molecule has 0 spiro atoms. The summed E-state index contributed by atoms with van der Waals surface area (Å²) in [7, 11) is 1.43. The lowest BCUT2D eigenvalue weighted by Gasteiger charge is -2.16. The van der Waals surface area contributed by atoms with Gasteiger partial charge < -0.3 is 14.9 Å². The Bertz CT molecular complexity index is 756. The molecule has 0 radical (unpaired) electrons. The molecule has 2 rings (SSSR count). The lowest BCUT2D eigenvalue weighted by molar-refractivity contribution is -0.270. The number of aromatic carboxylic acids is 1. The number of aliphatic imine (C=N–C) groups is 1. The Labute approximate surface area is 136 Å². The predicted octanol–water partition coefficient (Wildman–Crippen LogP) is 3.29. The van der Waals surface area contributed by atoms with E-state index in [2.05, 4.69) is 20.9 Å². The molecule has 0 saturated heterocycles. The van der Waals surface area contributed by atoms with Crippen LogP contribution in [0.4, 0.5) is 5.69 Å². The molecular formula is C16H13BrNO4-. The number of aryl methyl sites for hydroxylation is 1. The first-order valence-electron chi connectivity index (χ1n) is 6.35. The minimum atomic E-state index is -0.990. The molecule has 0 fully saturated rings. The molecule has 114 valence electrons. The van der Waals surface area contributed by atoms with Gasteiger partial charge in [0.2, 0.25) is 0 Å². The summed E-state index contributed by atoms with van der Waals surface area (Å²) in [5, 5.41) is 21.1. The SMILES string of the molecule is COc1ccc(Br)c(C=Nc2ccc(C(=O)O)cc2C)c1[O-]. The molecule has 0 unspecified atom stereocenters. The van der Waals surface area contributed by atoms with Crippen molar-refractivity contribution >= 4 is 33.8 Å². The van der Waals surface area contributed by atoms with E-state index in [1.165, 1.54) is 25.5 Å². The largest absolute Gasteiger partial charge is 0.869 e. The maximum atomic E-state index is 12.1. The number of methoxy groups -OCH3 is 1. The van der Waals surface area contributed by atoms with E-state index in [-0.39, 0.29) is 17.1 Å². The van der Waals surface area contributed by atoms with Crippen LogP contribution in [0.1, 0.15) is 21.5 Å². The van der Waals surface area contributed by atoms with Crippen molar-refractivity contribution in [2.75, 3.05) is 7.11 Å². The average Bonchev–Trinajstić information content (AvgIpc) is 2.48. The van der Waals surface area contributed by atoms with Crippen LogP contribution in [-0.2, 0) is 0 Å². The summed E-state index contributed by atoms with van der Waals surface area (Å²) in [6.45, 7) is 1.76. The van der Waals surface area contributed by atoms with Gasteiger partial charge in [0.1, 0.15) is 5.75 Å². The Morgan fingerprint density at radius 3 is 2.68 bits per heavy atom. The monoisotopic (exact) mass is 362 g/mol. The zero-order chi connectivity index (χ0) is 16.3. The Morgan fingerprint density at radius 2 is 2.09 bits per heavy atom. The van der Waals surface area contributed by atoms with Gasteiger partial charge in [-0.25, -0.2) is 4.79 Å². The summed E-state index contributed by atoms with van der Waals surface area (Å²) in [6.07, 6.45) is 1.44. The molecule has 0 bridgehead atoms. The lowest BCUT2D eigenvalue weighted by atomic mass is 10.1. The van der Waals surface area contributed by atoms with Gasteiger partial charge in [0.05, 0.1) is 18.4 Å². The molecule has 0 amide bonds. The first-order valence-corrected chi connectivity index (χ1v) is 7.15. The predicted molar refractivity (Wildman–Crippen MR) is 85.5 cm³/mol. The number of halogens is 1. The van der Waals surface area contributed by atoms with Crippen molar-refractivity contribution in [1.82, 2.24) is 0 Å². The van der Waals surface area contributed by atoms with Crippen molar-refractivity contribution in [3.63, 3.8) is 0 Å². The van der Waals surface area contributed by atoms with Gasteiger partial charge in [-0.3, -0.25) is 4.99 Å². The fourth-order valence-corrected chi connectivity index (χ4v) is 2.32. The number of carboxylic acid groups (broad SMARTS) is 1. The van der Waals surface area contributed by atoms with Gasteiger partial charge in [0.25, 0.3) is 0 Å². The molecule has 0 aliphatic rings. The van der Waals surface area contributed by atoms with Crippen LogP contribution in [0.2, 0.25) is 0 Å². The molecule has 1 N–H and O–H groups in total. The highest BCUT2D eigenvalue weighted by molar-refractivity contribution is 9.10. The van der Waals surface area contributed by atoms with Gasteiger partial charge in [0.15, 0.2) is 0 Å². The second-order valence-corrected chi connectivity index (χ2v) is 5.41. The fraction of sp³-hybridized carbons (Fsp3) is 0.125. The minimum absolute atomic E-state index is 0.198. The number of carboxylic acids is 1. The van der Waals surface area contributed by atoms with Crippen molar-refractivity contribution in [2.24, 2.45) is 4.99 Å². The second kappa shape index (κ2) is 6.62. The third-order valence-corrected chi connectivity index (χ3v) is 3.79. The van der Waals surface area contributed by atoms with Gasteiger partial charge in [0, 0.05) is 16.3 Å². The zero-order valence-electron chi connectivity index (χ0n) is 12.0. The summed E-state index contributed by atoms with van der Waals surface area (Å²) >= 11 is 3.31. The number of hydrogen-bond donors (Lipinski definition) is 1. The molecule has 5 nitrogen and oxygen atoms in total. The van der Waals surface area contributed by atoms with Crippen LogP contribution in [-0.4, -0.2) is 24.4 Å². The zero-order valence-corrected chi connectivity index (χ0v) is 13.5. The van der Waals surface area contributed by atoms with E-state index in [4.69, 9.17) is 9.84 Å². The number of benzene rings is 2. The third-order valence-electron chi connectivity index (χ3n) is 3.10. The quantitative estimate of drug-likeness (QED) is 0.846. The number of carbonyl (C=O) groups is 1. The Hall–Kier alpha value is -2.34. The maximum absolute atomic E-state index is 12.1. The molecule has 0 aromatic heterocycles. The molecule has 0 heterocycles. The van der Waals surface area contributed by atoms with E-state index in [0.717, 1.165) is 0 Å². The van der Waals surface area contributed by atoms with Crippen LogP contribution in [0.5, 0.6) is 11.5 Å². The summed E-state index contributed by atoms with van der Waals surface area (Å²) in [5.74, 6) is -1.01. The first kappa shape index (κ1) is 16.0. The van der Waals surface area contributed by atoms with E-state index in [0.29, 0.717) is 21.3 Å². The summed E-state index contributed by atoms with van der Waals surface area (Å²) in [4.78, 5) is 15.2. The standard InChI is InChI=1S/C16H14BrNO4/c1-9-7-10(16(20)21)3-5-13(9)18-8-11-12(17)4-6-14(22-2)15(11)19/h3-8,19H,1-2H3,(H,20,21)/p-1. The van der Waals surface area contributed by atoms with Gasteiger partial charge in [-0.1, -0.05) is 21.7 Å². The van der Waals surface area contributed by atoms with Crippen molar-refractivity contribution in [1.29, 1.82) is 0 Å². The summed E-state index contributed by atoms with van der Waals surface area (Å²) in [6, 6.07) is 7.90. The molecule has 0 aliphatic carbocycles. The molecule has 0 atom stereocenters. The topological polar surface area (TPSA) is 82.0 Å². The second-order valence-electron chi connectivity index (χ2n) is 4.56. The highest BCUT2D eigenvalue weighted by Gasteiger charge is 2.06. The number of hydrogen-bond acceptors (Lipinski definition) is 4. The van der Waals surface area contributed by atoms with Crippen LogP contribution in [0, 0.1) is 6.92 Å². The fourth-order valence-electron chi connectivity index (χ4n) is 1.90. The molecule has 6 heteroatoms. The molecular weight excluding hydrogens is 350 g/mol. The van der Waals surface area contributed by atoms with Crippen LogP contribution < -0.4 is 9.84 Å². The van der Waals surface area contributed by atoms with Crippen LogP contribution >= 0.6 is 15.9 Å². The average molecular weight is 363 g/mol. The third kappa shape index (κ3) is 3.28. The van der Waals surface area contributed by atoms with Crippen LogP contribution in [0.25, 0.3) is 0 Å². The Morgan fingerprint density at radius 1 is 1.36 bits per heavy atom. The summed E-state index contributed by atoms with van der Waals surface area (Å²) < 4.78 is 5.61. The smallest absolute Gasteiger partial charge is 0.335 e. The van der Waals surface area contributed by atoms with E-state index in [1.54, 1.807) is 25.1 Å². The number of rotatable bonds is 4. The highest BCUT2D eigenvalue weighted by Crippen LogP contribution is 2.32. The van der Waals surface area contributed by atoms with Gasteiger partial charge in [-0.05, 0) is 42.8 Å². The number of nitrogens with zero attached hydrogens (tertiary/aromatic N) is 1. The first-order chi connectivity index (χ1) is 10.4. The van der Waals surface area contributed by atoms with Gasteiger partial charge >= 0.3 is 5.97 Å².